The molecule has 0 radical (unpaired) electrons. The van der Waals surface area contributed by atoms with Gasteiger partial charge >= 0.3 is 5.97 Å². The molecule has 7 nitrogen and oxygen atoms in total. The fourth-order valence-corrected chi connectivity index (χ4v) is 3.79. The van der Waals surface area contributed by atoms with Gasteiger partial charge in [-0.05, 0) is 61.2 Å². The summed E-state index contributed by atoms with van der Waals surface area (Å²) in [5.41, 5.74) is 1.52. The van der Waals surface area contributed by atoms with Gasteiger partial charge in [-0.3, -0.25) is 9.69 Å². The minimum Gasteiger partial charge on any atom is -0.497 e. The summed E-state index contributed by atoms with van der Waals surface area (Å²) >= 11 is 1.27. The first kappa shape index (κ1) is 20.5. The molecular weight excluding hydrogens is 392 g/mol. The Kier molecular flexibility index (Phi) is 6.23. The third-order valence-corrected chi connectivity index (χ3v) is 5.28. The van der Waals surface area contributed by atoms with Crippen molar-refractivity contribution in [2.75, 3.05) is 20.8 Å². The van der Waals surface area contributed by atoms with Gasteiger partial charge in [-0.1, -0.05) is 0 Å². The second-order valence-electron chi connectivity index (χ2n) is 6.01. The number of benzene rings is 2. The number of carboxylic acids is 1. The van der Waals surface area contributed by atoms with E-state index in [1.807, 2.05) is 13.0 Å². The normalized spacial score (nSPS) is 16.5. The molecule has 2 aromatic rings. The molecule has 8 heteroatoms. The lowest BCUT2D eigenvalue weighted by molar-refractivity contribution is -0.122. The number of nitrogens with zero attached hydrogens (tertiary/aromatic N) is 2. The molecule has 0 aromatic heterocycles. The molecule has 150 valence electrons. The minimum atomic E-state index is -0.997. The molecule has 0 saturated carbocycles. The van der Waals surface area contributed by atoms with E-state index in [4.69, 9.17) is 14.6 Å². The van der Waals surface area contributed by atoms with Crippen LogP contribution in [0.1, 0.15) is 22.8 Å². The van der Waals surface area contributed by atoms with Gasteiger partial charge in [0.05, 0.1) is 30.4 Å². The number of likely N-dealkylation sites (N-methyl/N-ethyl adjacent to an activating group) is 1. The number of ether oxygens (including phenoxy) is 2. The SMILES string of the molecule is CCN1C(=O)/C(=C/c2ccc(OC)cc2OC)SC1=Nc1ccc(C(=O)O)cc1. The van der Waals surface area contributed by atoms with E-state index in [1.54, 1.807) is 49.5 Å². The summed E-state index contributed by atoms with van der Waals surface area (Å²) in [6.45, 7) is 2.34. The summed E-state index contributed by atoms with van der Waals surface area (Å²) in [5.74, 6) is 0.124. The Balaban J connectivity index is 1.92. The number of rotatable bonds is 6. The van der Waals surface area contributed by atoms with Crippen LogP contribution >= 0.6 is 11.8 Å². The summed E-state index contributed by atoms with van der Waals surface area (Å²) in [4.78, 5) is 30.4. The van der Waals surface area contributed by atoms with Gasteiger partial charge in [0.25, 0.3) is 5.91 Å². The van der Waals surface area contributed by atoms with E-state index in [1.165, 1.54) is 23.9 Å². The molecule has 0 atom stereocenters. The van der Waals surface area contributed by atoms with Crippen LogP contribution in [0.5, 0.6) is 11.5 Å². The quantitative estimate of drug-likeness (QED) is 0.721. The average Bonchev–Trinajstić information content (AvgIpc) is 3.02. The topological polar surface area (TPSA) is 88.4 Å². The second kappa shape index (κ2) is 8.83. The summed E-state index contributed by atoms with van der Waals surface area (Å²) in [5, 5.41) is 9.55. The van der Waals surface area contributed by atoms with Crippen LogP contribution in [0, 0.1) is 0 Å². The average molecular weight is 412 g/mol. The van der Waals surface area contributed by atoms with Gasteiger partial charge in [0.15, 0.2) is 5.17 Å². The molecule has 2 aromatic carbocycles. The number of thioether (sulfide) groups is 1. The first-order chi connectivity index (χ1) is 14.0. The molecule has 0 spiro atoms. The molecule has 1 aliphatic rings. The van der Waals surface area contributed by atoms with E-state index in [9.17, 15) is 9.59 Å². The molecule has 1 fully saturated rings. The molecule has 3 rings (SSSR count). The predicted molar refractivity (Wildman–Crippen MR) is 113 cm³/mol. The Morgan fingerprint density at radius 3 is 2.48 bits per heavy atom. The van der Waals surface area contributed by atoms with Crippen molar-refractivity contribution >= 4 is 40.6 Å². The number of carbonyl (C=O) groups excluding carboxylic acids is 1. The molecule has 1 heterocycles. The van der Waals surface area contributed by atoms with Crippen molar-refractivity contribution in [2.24, 2.45) is 4.99 Å². The van der Waals surface area contributed by atoms with Gasteiger partial charge in [-0.25, -0.2) is 9.79 Å². The maximum atomic E-state index is 12.8. The number of carbonyl (C=O) groups is 2. The lowest BCUT2D eigenvalue weighted by Crippen LogP contribution is -2.28. The number of carboxylic acid groups (broad SMARTS) is 1. The molecule has 1 aliphatic heterocycles. The van der Waals surface area contributed by atoms with Gasteiger partial charge in [-0.2, -0.15) is 0 Å². The van der Waals surface area contributed by atoms with Crippen LogP contribution in [0.2, 0.25) is 0 Å². The van der Waals surface area contributed by atoms with Crippen LogP contribution in [0.25, 0.3) is 6.08 Å². The van der Waals surface area contributed by atoms with Crippen molar-refractivity contribution in [3.8, 4) is 11.5 Å². The molecule has 0 unspecified atom stereocenters. The summed E-state index contributed by atoms with van der Waals surface area (Å²) < 4.78 is 10.6. The van der Waals surface area contributed by atoms with Crippen LogP contribution in [0.15, 0.2) is 52.4 Å². The van der Waals surface area contributed by atoms with Crippen molar-refractivity contribution in [1.82, 2.24) is 4.90 Å². The first-order valence-corrected chi connectivity index (χ1v) is 9.64. The van der Waals surface area contributed by atoms with Gasteiger partial charge < -0.3 is 14.6 Å². The van der Waals surface area contributed by atoms with Crippen molar-refractivity contribution < 1.29 is 24.2 Å². The lowest BCUT2D eigenvalue weighted by Gasteiger charge is -2.12. The smallest absolute Gasteiger partial charge is 0.335 e. The highest BCUT2D eigenvalue weighted by Crippen LogP contribution is 2.36. The molecule has 1 saturated heterocycles. The number of amidine groups is 1. The van der Waals surface area contributed by atoms with Crippen LogP contribution in [-0.4, -0.2) is 47.8 Å². The fourth-order valence-electron chi connectivity index (χ4n) is 2.74. The van der Waals surface area contributed by atoms with Crippen molar-refractivity contribution in [3.63, 3.8) is 0 Å². The number of aliphatic imine (C=N–C) groups is 1. The van der Waals surface area contributed by atoms with Crippen LogP contribution in [0.3, 0.4) is 0 Å². The number of aromatic carboxylic acids is 1. The second-order valence-corrected chi connectivity index (χ2v) is 7.02. The Labute approximate surface area is 172 Å². The number of amides is 1. The number of methoxy groups -OCH3 is 2. The molecule has 29 heavy (non-hydrogen) atoms. The van der Waals surface area contributed by atoms with E-state index in [-0.39, 0.29) is 11.5 Å². The molecule has 1 amide bonds. The minimum absolute atomic E-state index is 0.142. The molecular formula is C21H20N2O5S. The van der Waals surface area contributed by atoms with E-state index in [0.717, 1.165) is 5.56 Å². The zero-order valence-corrected chi connectivity index (χ0v) is 17.0. The van der Waals surface area contributed by atoms with Gasteiger partial charge in [0.2, 0.25) is 0 Å². The monoisotopic (exact) mass is 412 g/mol. The van der Waals surface area contributed by atoms with Gasteiger partial charge in [0.1, 0.15) is 11.5 Å². The van der Waals surface area contributed by atoms with Gasteiger partial charge in [-0.15, -0.1) is 0 Å². The van der Waals surface area contributed by atoms with Crippen LogP contribution in [-0.2, 0) is 4.79 Å². The van der Waals surface area contributed by atoms with E-state index >= 15 is 0 Å². The number of hydrogen-bond donors (Lipinski definition) is 1. The zero-order chi connectivity index (χ0) is 21.0. The van der Waals surface area contributed by atoms with Crippen LogP contribution in [0.4, 0.5) is 5.69 Å². The largest absolute Gasteiger partial charge is 0.497 e. The lowest BCUT2D eigenvalue weighted by atomic mass is 10.1. The molecule has 1 N–H and O–H groups in total. The Morgan fingerprint density at radius 1 is 1.17 bits per heavy atom. The predicted octanol–water partition coefficient (Wildman–Crippen LogP) is 4.03. The summed E-state index contributed by atoms with van der Waals surface area (Å²) in [6, 6.07) is 11.6. The van der Waals surface area contributed by atoms with Gasteiger partial charge in [0, 0.05) is 18.2 Å². The van der Waals surface area contributed by atoms with Crippen molar-refractivity contribution in [3.05, 3.63) is 58.5 Å². The molecule has 0 aliphatic carbocycles. The standard InChI is InChI=1S/C21H20N2O5S/c1-4-23-19(24)18(11-14-7-10-16(27-2)12-17(14)28-3)29-21(23)22-15-8-5-13(6-9-15)20(25)26/h5-12H,4H2,1-3H3,(H,25,26)/b18-11-,22-21?. The highest BCUT2D eigenvalue weighted by atomic mass is 32.2. The summed E-state index contributed by atoms with van der Waals surface area (Å²) in [6.07, 6.45) is 1.77. The highest BCUT2D eigenvalue weighted by molar-refractivity contribution is 8.18. The van der Waals surface area contributed by atoms with Crippen LogP contribution < -0.4 is 9.47 Å². The maximum Gasteiger partial charge on any atom is 0.335 e. The molecule has 0 bridgehead atoms. The Morgan fingerprint density at radius 2 is 1.90 bits per heavy atom. The van der Waals surface area contributed by atoms with Crippen molar-refractivity contribution in [2.45, 2.75) is 6.92 Å². The third kappa shape index (κ3) is 4.43. The third-order valence-electron chi connectivity index (χ3n) is 4.27. The van der Waals surface area contributed by atoms with E-state index in [2.05, 4.69) is 4.99 Å². The van der Waals surface area contributed by atoms with E-state index in [0.29, 0.717) is 33.8 Å². The van der Waals surface area contributed by atoms with E-state index < -0.39 is 5.97 Å². The Bertz CT molecular complexity index is 999. The summed E-state index contributed by atoms with van der Waals surface area (Å²) in [7, 11) is 3.14. The maximum absolute atomic E-state index is 12.8. The zero-order valence-electron chi connectivity index (χ0n) is 16.2. The Hall–Kier alpha value is -3.26. The number of hydrogen-bond acceptors (Lipinski definition) is 6. The van der Waals surface area contributed by atoms with Crippen molar-refractivity contribution in [1.29, 1.82) is 0 Å². The fraction of sp³-hybridized carbons (Fsp3) is 0.190. The highest BCUT2D eigenvalue weighted by Gasteiger charge is 2.32. The first-order valence-electron chi connectivity index (χ1n) is 8.82.